The number of rotatable bonds is 3. The zero-order valence-corrected chi connectivity index (χ0v) is 8.16. The van der Waals surface area contributed by atoms with Gasteiger partial charge >= 0.3 is 0 Å². The van der Waals surface area contributed by atoms with Crippen LogP contribution in [0.2, 0.25) is 0 Å². The van der Waals surface area contributed by atoms with Crippen molar-refractivity contribution in [2.75, 3.05) is 7.05 Å². The summed E-state index contributed by atoms with van der Waals surface area (Å²) in [6.45, 7) is 16.5. The van der Waals surface area contributed by atoms with E-state index in [0.29, 0.717) is 5.84 Å². The van der Waals surface area contributed by atoms with Crippen LogP contribution < -0.4 is 0 Å². The third-order valence-corrected chi connectivity index (χ3v) is 1.14. The van der Waals surface area contributed by atoms with Crippen molar-refractivity contribution < 1.29 is 0 Å². The van der Waals surface area contributed by atoms with Crippen LogP contribution in [0.25, 0.3) is 0 Å². The van der Waals surface area contributed by atoms with Gasteiger partial charge in [-0.2, -0.15) is 0 Å². The molecule has 0 aromatic carbocycles. The van der Waals surface area contributed by atoms with Crippen LogP contribution >= 0.6 is 0 Å². The Morgan fingerprint density at radius 2 is 1.77 bits per heavy atom. The lowest BCUT2D eigenvalue weighted by Gasteiger charge is -1.96. The first-order valence-corrected chi connectivity index (χ1v) is 3.69. The minimum atomic E-state index is 0.583. The molecular weight excluding hydrogens is 160 g/mol. The molecule has 0 bridgehead atoms. The molecule has 0 aromatic rings. The highest BCUT2D eigenvalue weighted by Crippen LogP contribution is 2.00. The molecule has 2 nitrogen and oxygen atoms in total. The summed E-state index contributed by atoms with van der Waals surface area (Å²) >= 11 is 0. The lowest BCUT2D eigenvalue weighted by molar-refractivity contribution is 1.40. The Morgan fingerprint density at radius 1 is 1.23 bits per heavy atom. The van der Waals surface area contributed by atoms with Crippen molar-refractivity contribution in [2.45, 2.75) is 0 Å². The molecule has 0 atom stereocenters. The van der Waals surface area contributed by atoms with Crippen LogP contribution in [0.3, 0.4) is 0 Å². The predicted octanol–water partition coefficient (Wildman–Crippen LogP) is 2.82. The predicted molar refractivity (Wildman–Crippen MR) is 62.6 cm³/mol. The fourth-order valence-electron chi connectivity index (χ4n) is 0.652. The molecule has 0 saturated heterocycles. The van der Waals surface area contributed by atoms with Gasteiger partial charge in [0.05, 0.1) is 0 Å². The van der Waals surface area contributed by atoms with Crippen LogP contribution in [0.15, 0.2) is 60.1 Å². The minimum absolute atomic E-state index is 0.583. The summed E-state index contributed by atoms with van der Waals surface area (Å²) in [6, 6.07) is 0. The van der Waals surface area contributed by atoms with E-state index in [-0.39, 0.29) is 0 Å². The van der Waals surface area contributed by atoms with Crippen LogP contribution in [0.5, 0.6) is 0 Å². The standard InChI is InChI=1S/C9H12N2.C2H4/c1-5-7-8(6-2)9(10-3)11-4;1-2/h5-7H,1-3H2,4H3;1-2H2/b8-7+,11-9?;. The SMILES string of the molecule is C=C.C=C/C=C(\C=C)C(N=C)=NC. The van der Waals surface area contributed by atoms with Crippen molar-refractivity contribution in [2.24, 2.45) is 9.98 Å². The molecule has 0 N–H and O–H groups in total. The Kier molecular flexibility index (Phi) is 11.0. The first kappa shape index (κ1) is 13.9. The van der Waals surface area contributed by atoms with Crippen molar-refractivity contribution in [3.05, 3.63) is 50.1 Å². The van der Waals surface area contributed by atoms with Gasteiger partial charge in [-0.1, -0.05) is 31.4 Å². The molecule has 0 amide bonds. The zero-order chi connectivity index (χ0) is 10.7. The van der Waals surface area contributed by atoms with Crippen molar-refractivity contribution in [3.8, 4) is 0 Å². The average Bonchev–Trinajstić information content (AvgIpc) is 2.21. The van der Waals surface area contributed by atoms with E-state index in [1.165, 1.54) is 0 Å². The highest BCUT2D eigenvalue weighted by molar-refractivity contribution is 6.03. The summed E-state index contributed by atoms with van der Waals surface area (Å²) in [5.74, 6) is 0.583. The molecule has 0 aliphatic carbocycles. The monoisotopic (exact) mass is 176 g/mol. The van der Waals surface area contributed by atoms with Crippen molar-refractivity contribution in [1.82, 2.24) is 0 Å². The maximum absolute atomic E-state index is 3.90. The van der Waals surface area contributed by atoms with Crippen LogP contribution in [0.1, 0.15) is 0 Å². The molecule has 0 aliphatic rings. The van der Waals surface area contributed by atoms with Crippen molar-refractivity contribution in [1.29, 1.82) is 0 Å². The average molecular weight is 176 g/mol. The number of amidine groups is 1. The Morgan fingerprint density at radius 3 is 2.00 bits per heavy atom. The number of nitrogens with zero attached hydrogens (tertiary/aromatic N) is 2. The van der Waals surface area contributed by atoms with Crippen LogP contribution in [-0.2, 0) is 0 Å². The van der Waals surface area contributed by atoms with E-state index >= 15 is 0 Å². The second kappa shape index (κ2) is 10.3. The minimum Gasteiger partial charge on any atom is -0.270 e. The Labute approximate surface area is 80.4 Å². The summed E-state index contributed by atoms with van der Waals surface area (Å²) in [6.07, 6.45) is 5.11. The van der Waals surface area contributed by atoms with Gasteiger partial charge in [0.15, 0.2) is 5.84 Å². The van der Waals surface area contributed by atoms with E-state index in [4.69, 9.17) is 0 Å². The molecular formula is C11H16N2. The van der Waals surface area contributed by atoms with Gasteiger partial charge in [-0.15, -0.1) is 13.2 Å². The summed E-state index contributed by atoms with van der Waals surface area (Å²) in [7, 11) is 1.66. The van der Waals surface area contributed by atoms with Gasteiger partial charge in [0, 0.05) is 12.6 Å². The molecule has 2 heteroatoms. The molecule has 0 saturated carbocycles. The molecule has 0 rings (SSSR count). The normalized spacial score (nSPS) is 10.8. The van der Waals surface area contributed by atoms with Gasteiger partial charge in [0.1, 0.15) is 0 Å². The van der Waals surface area contributed by atoms with Gasteiger partial charge < -0.3 is 0 Å². The number of aliphatic imine (C=N–C) groups is 2. The van der Waals surface area contributed by atoms with E-state index in [1.54, 1.807) is 25.3 Å². The molecule has 0 aliphatic heterocycles. The lowest BCUT2D eigenvalue weighted by atomic mass is 10.2. The molecule has 0 spiro atoms. The number of hydrogen-bond acceptors (Lipinski definition) is 1. The van der Waals surface area contributed by atoms with E-state index in [0.717, 1.165) is 5.57 Å². The summed E-state index contributed by atoms with van der Waals surface area (Å²) in [4.78, 5) is 7.61. The van der Waals surface area contributed by atoms with E-state index in [1.807, 2.05) is 0 Å². The quantitative estimate of drug-likeness (QED) is 0.273. The van der Waals surface area contributed by atoms with Crippen LogP contribution in [0, 0.1) is 0 Å². The second-order valence-corrected chi connectivity index (χ2v) is 1.77. The van der Waals surface area contributed by atoms with E-state index in [2.05, 4.69) is 43.0 Å². The Bertz CT molecular complexity index is 234. The molecule has 13 heavy (non-hydrogen) atoms. The maximum atomic E-state index is 3.90. The third kappa shape index (κ3) is 5.56. The van der Waals surface area contributed by atoms with Gasteiger partial charge in [-0.3, -0.25) is 4.99 Å². The molecule has 0 heterocycles. The highest BCUT2D eigenvalue weighted by atomic mass is 14.9. The highest BCUT2D eigenvalue weighted by Gasteiger charge is 1.95. The van der Waals surface area contributed by atoms with Gasteiger partial charge in [-0.05, 0) is 6.72 Å². The smallest absolute Gasteiger partial charge is 0.153 e. The summed E-state index contributed by atoms with van der Waals surface area (Å²) < 4.78 is 0. The topological polar surface area (TPSA) is 24.7 Å². The number of allylic oxidation sites excluding steroid dienone is 2. The maximum Gasteiger partial charge on any atom is 0.153 e. The first-order chi connectivity index (χ1) is 6.29. The van der Waals surface area contributed by atoms with Gasteiger partial charge in [-0.25, -0.2) is 4.99 Å². The van der Waals surface area contributed by atoms with Crippen LogP contribution in [0.4, 0.5) is 0 Å². The lowest BCUT2D eigenvalue weighted by Crippen LogP contribution is -1.95. The fraction of sp³-hybridized carbons (Fsp3) is 0.0909. The molecule has 0 aromatic heterocycles. The molecule has 0 fully saturated rings. The molecule has 0 unspecified atom stereocenters. The number of hydrogen-bond donors (Lipinski definition) is 0. The van der Waals surface area contributed by atoms with Gasteiger partial charge in [0.2, 0.25) is 0 Å². The van der Waals surface area contributed by atoms with Crippen LogP contribution in [-0.4, -0.2) is 19.6 Å². The summed E-state index contributed by atoms with van der Waals surface area (Å²) in [5, 5.41) is 0. The molecule has 70 valence electrons. The fourth-order valence-corrected chi connectivity index (χ4v) is 0.652. The Hall–Kier alpha value is -1.70. The van der Waals surface area contributed by atoms with E-state index in [9.17, 15) is 0 Å². The third-order valence-electron chi connectivity index (χ3n) is 1.14. The molecule has 0 radical (unpaired) electrons. The zero-order valence-electron chi connectivity index (χ0n) is 8.16. The summed E-state index contributed by atoms with van der Waals surface area (Å²) in [5.41, 5.74) is 0.831. The second-order valence-electron chi connectivity index (χ2n) is 1.77. The largest absolute Gasteiger partial charge is 0.270 e. The van der Waals surface area contributed by atoms with E-state index < -0.39 is 0 Å². The van der Waals surface area contributed by atoms with Crippen molar-refractivity contribution >= 4 is 12.6 Å². The van der Waals surface area contributed by atoms with Gasteiger partial charge in [0.25, 0.3) is 0 Å². The first-order valence-electron chi connectivity index (χ1n) is 3.69. The van der Waals surface area contributed by atoms with Crippen molar-refractivity contribution in [3.63, 3.8) is 0 Å². The Balaban J connectivity index is 0.